The summed E-state index contributed by atoms with van der Waals surface area (Å²) in [6.07, 6.45) is 5.71. The van der Waals surface area contributed by atoms with E-state index in [1.54, 1.807) is 0 Å². The van der Waals surface area contributed by atoms with Crippen molar-refractivity contribution in [2.45, 2.75) is 46.0 Å². The van der Waals surface area contributed by atoms with Crippen LogP contribution in [0.3, 0.4) is 0 Å². The molecule has 1 spiro atoms. The quantitative estimate of drug-likeness (QED) is 0.760. The molecule has 0 aliphatic carbocycles. The number of amides is 2. The predicted octanol–water partition coefficient (Wildman–Crippen LogP) is 3.37. The van der Waals surface area contributed by atoms with E-state index < -0.39 is 0 Å². The fraction of sp³-hybridized carbons (Fsp3) is 0.941. The summed E-state index contributed by atoms with van der Waals surface area (Å²) in [5.74, 6) is 3.11. The number of likely N-dealkylation sites (tertiary alicyclic amines) is 1. The average molecular weight is 329 g/mol. The second-order valence-electron chi connectivity index (χ2n) is 7.15. The maximum absolute atomic E-state index is 12.2. The second-order valence-corrected chi connectivity index (χ2v) is 8.30. The third kappa shape index (κ3) is 5.65. The summed E-state index contributed by atoms with van der Waals surface area (Å²) in [5, 5.41) is 3.08. The first kappa shape index (κ1) is 17.9. The monoisotopic (exact) mass is 328 g/mol. The first-order chi connectivity index (χ1) is 10.6. The Balaban J connectivity index is 1.57. The molecule has 0 aromatic rings. The number of hydrogen-bond donors (Lipinski definition) is 1. The molecular formula is C17H32N2O2S. The molecule has 0 radical (unpaired) electrons. The SMILES string of the molecule is CC(C)CSCCCNC(=O)N1CCC2(CCOCC2)CC1. The average Bonchev–Trinajstić information content (AvgIpc) is 2.52. The standard InChI is InChI=1S/C17H32N2O2S/c1-15(2)14-22-13-3-8-18-16(20)19-9-4-17(5-10-19)6-11-21-12-7-17/h15H,3-14H2,1-2H3,(H,18,20). The number of piperidine rings is 1. The van der Waals surface area contributed by atoms with Gasteiger partial charge in [0.25, 0.3) is 0 Å². The van der Waals surface area contributed by atoms with Gasteiger partial charge in [-0.05, 0) is 54.9 Å². The zero-order chi connectivity index (χ0) is 15.8. The topological polar surface area (TPSA) is 41.6 Å². The van der Waals surface area contributed by atoms with Gasteiger partial charge in [-0.1, -0.05) is 13.8 Å². The number of urea groups is 1. The molecule has 2 heterocycles. The van der Waals surface area contributed by atoms with Crippen LogP contribution in [0.5, 0.6) is 0 Å². The van der Waals surface area contributed by atoms with E-state index in [1.807, 2.05) is 16.7 Å². The van der Waals surface area contributed by atoms with Crippen LogP contribution in [0, 0.1) is 11.3 Å². The second kappa shape index (κ2) is 9.02. The molecule has 2 rings (SSSR count). The molecule has 22 heavy (non-hydrogen) atoms. The van der Waals surface area contributed by atoms with Gasteiger partial charge in [0.05, 0.1) is 0 Å². The first-order valence-electron chi connectivity index (χ1n) is 8.80. The summed E-state index contributed by atoms with van der Waals surface area (Å²) in [5.41, 5.74) is 0.461. The summed E-state index contributed by atoms with van der Waals surface area (Å²) < 4.78 is 5.48. The number of nitrogens with one attached hydrogen (secondary N) is 1. The number of nitrogens with zero attached hydrogens (tertiary/aromatic N) is 1. The first-order valence-corrected chi connectivity index (χ1v) is 9.95. The summed E-state index contributed by atoms with van der Waals surface area (Å²) >= 11 is 1.99. The Hall–Kier alpha value is -0.420. The van der Waals surface area contributed by atoms with E-state index in [1.165, 1.54) is 18.6 Å². The summed E-state index contributed by atoms with van der Waals surface area (Å²) in [6.45, 7) is 8.93. The summed E-state index contributed by atoms with van der Waals surface area (Å²) in [7, 11) is 0. The van der Waals surface area contributed by atoms with Gasteiger partial charge in [-0.3, -0.25) is 0 Å². The molecule has 0 atom stereocenters. The number of hydrogen-bond acceptors (Lipinski definition) is 3. The Morgan fingerprint density at radius 1 is 1.23 bits per heavy atom. The van der Waals surface area contributed by atoms with Crippen molar-refractivity contribution in [3.63, 3.8) is 0 Å². The minimum absolute atomic E-state index is 0.135. The van der Waals surface area contributed by atoms with Crippen molar-refractivity contribution >= 4 is 17.8 Å². The molecule has 5 heteroatoms. The fourth-order valence-electron chi connectivity index (χ4n) is 3.29. The molecule has 0 bridgehead atoms. The third-order valence-electron chi connectivity index (χ3n) is 4.86. The lowest BCUT2D eigenvalue weighted by Gasteiger charge is -2.44. The smallest absolute Gasteiger partial charge is 0.317 e. The van der Waals surface area contributed by atoms with E-state index in [0.29, 0.717) is 5.41 Å². The lowest BCUT2D eigenvalue weighted by Crippen LogP contribution is -2.48. The Morgan fingerprint density at radius 3 is 2.55 bits per heavy atom. The number of ether oxygens (including phenoxy) is 1. The van der Waals surface area contributed by atoms with Gasteiger partial charge in [0.1, 0.15) is 0 Å². The number of thioether (sulfide) groups is 1. The molecule has 2 saturated heterocycles. The molecule has 1 N–H and O–H groups in total. The van der Waals surface area contributed by atoms with Crippen LogP contribution in [-0.2, 0) is 4.74 Å². The highest BCUT2D eigenvalue weighted by atomic mass is 32.2. The maximum Gasteiger partial charge on any atom is 0.317 e. The molecule has 0 unspecified atom stereocenters. The zero-order valence-corrected chi connectivity index (χ0v) is 15.1. The van der Waals surface area contributed by atoms with Crippen LogP contribution >= 0.6 is 11.8 Å². The largest absolute Gasteiger partial charge is 0.381 e. The fourth-order valence-corrected chi connectivity index (χ4v) is 4.28. The van der Waals surface area contributed by atoms with Crippen LogP contribution in [-0.4, -0.2) is 55.3 Å². The zero-order valence-electron chi connectivity index (χ0n) is 14.2. The van der Waals surface area contributed by atoms with E-state index in [-0.39, 0.29) is 6.03 Å². The highest BCUT2D eigenvalue weighted by Crippen LogP contribution is 2.40. The Kier molecular flexibility index (Phi) is 7.35. The van der Waals surface area contributed by atoms with Crippen LogP contribution in [0.15, 0.2) is 0 Å². The van der Waals surface area contributed by atoms with Crippen molar-refractivity contribution in [3.05, 3.63) is 0 Å². The molecule has 0 aromatic carbocycles. The lowest BCUT2D eigenvalue weighted by atomic mass is 9.72. The van der Waals surface area contributed by atoms with E-state index in [9.17, 15) is 4.79 Å². The van der Waals surface area contributed by atoms with E-state index in [4.69, 9.17) is 4.74 Å². The normalized spacial score (nSPS) is 21.3. The highest BCUT2D eigenvalue weighted by Gasteiger charge is 2.36. The third-order valence-corrected chi connectivity index (χ3v) is 6.34. The molecule has 2 aliphatic rings. The van der Waals surface area contributed by atoms with Crippen molar-refractivity contribution in [2.75, 3.05) is 44.4 Å². The highest BCUT2D eigenvalue weighted by molar-refractivity contribution is 7.99. The van der Waals surface area contributed by atoms with Crippen LogP contribution in [0.4, 0.5) is 4.79 Å². The van der Waals surface area contributed by atoms with Gasteiger partial charge in [-0.2, -0.15) is 11.8 Å². The maximum atomic E-state index is 12.2. The van der Waals surface area contributed by atoms with Crippen LogP contribution in [0.1, 0.15) is 46.0 Å². The van der Waals surface area contributed by atoms with Gasteiger partial charge in [-0.25, -0.2) is 4.79 Å². The minimum Gasteiger partial charge on any atom is -0.381 e. The summed E-state index contributed by atoms with van der Waals surface area (Å²) in [6, 6.07) is 0.135. The molecule has 128 valence electrons. The predicted molar refractivity (Wildman–Crippen MR) is 93.5 cm³/mol. The van der Waals surface area contributed by atoms with Gasteiger partial charge in [0.15, 0.2) is 0 Å². The number of rotatable bonds is 6. The molecule has 4 nitrogen and oxygen atoms in total. The number of carbonyl (C=O) groups is 1. The molecular weight excluding hydrogens is 296 g/mol. The van der Waals surface area contributed by atoms with Crippen molar-refractivity contribution in [2.24, 2.45) is 11.3 Å². The van der Waals surface area contributed by atoms with Crippen molar-refractivity contribution in [1.82, 2.24) is 10.2 Å². The van der Waals surface area contributed by atoms with E-state index >= 15 is 0 Å². The van der Waals surface area contributed by atoms with Crippen LogP contribution < -0.4 is 5.32 Å². The van der Waals surface area contributed by atoms with Gasteiger partial charge in [-0.15, -0.1) is 0 Å². The van der Waals surface area contributed by atoms with Crippen molar-refractivity contribution in [3.8, 4) is 0 Å². The Labute approximate surface area is 139 Å². The van der Waals surface area contributed by atoms with Crippen molar-refractivity contribution in [1.29, 1.82) is 0 Å². The van der Waals surface area contributed by atoms with E-state index in [2.05, 4.69) is 19.2 Å². The van der Waals surface area contributed by atoms with Crippen LogP contribution in [0.2, 0.25) is 0 Å². The molecule has 0 aromatic heterocycles. The van der Waals surface area contributed by atoms with Gasteiger partial charge in [0.2, 0.25) is 0 Å². The number of carbonyl (C=O) groups excluding carboxylic acids is 1. The lowest BCUT2D eigenvalue weighted by molar-refractivity contribution is -0.0145. The van der Waals surface area contributed by atoms with Crippen molar-refractivity contribution < 1.29 is 9.53 Å². The Morgan fingerprint density at radius 2 is 1.91 bits per heavy atom. The molecule has 2 aliphatic heterocycles. The van der Waals surface area contributed by atoms with Gasteiger partial charge in [0, 0.05) is 32.8 Å². The van der Waals surface area contributed by atoms with Gasteiger partial charge >= 0.3 is 6.03 Å². The van der Waals surface area contributed by atoms with Gasteiger partial charge < -0.3 is 15.0 Å². The molecule has 2 fully saturated rings. The van der Waals surface area contributed by atoms with Crippen LogP contribution in [0.25, 0.3) is 0 Å². The molecule has 0 saturated carbocycles. The Bertz CT molecular complexity index is 334. The minimum atomic E-state index is 0.135. The summed E-state index contributed by atoms with van der Waals surface area (Å²) in [4.78, 5) is 14.2. The molecule has 2 amide bonds. The van der Waals surface area contributed by atoms with E-state index in [0.717, 1.165) is 63.8 Å².